The van der Waals surface area contributed by atoms with Crippen LogP contribution in [-0.2, 0) is 6.61 Å². The van der Waals surface area contributed by atoms with Gasteiger partial charge in [-0.05, 0) is 31.0 Å². The maximum absolute atomic E-state index is 11.9. The summed E-state index contributed by atoms with van der Waals surface area (Å²) in [6.07, 6.45) is 1.08. The molecule has 5 nitrogen and oxygen atoms in total. The molecule has 0 spiro atoms. The summed E-state index contributed by atoms with van der Waals surface area (Å²) in [5.41, 5.74) is 2.23. The van der Waals surface area contributed by atoms with E-state index in [1.165, 1.54) is 12.1 Å². The Morgan fingerprint density at radius 3 is 2.48 bits per heavy atom. The van der Waals surface area contributed by atoms with Gasteiger partial charge in [0.2, 0.25) is 0 Å². The number of benzene rings is 2. The second-order valence-corrected chi connectivity index (χ2v) is 5.39. The predicted octanol–water partition coefficient (Wildman–Crippen LogP) is 4.47. The summed E-state index contributed by atoms with van der Waals surface area (Å²) in [6, 6.07) is 12.1. The Labute approximate surface area is 135 Å². The van der Waals surface area contributed by atoms with Crippen LogP contribution in [0.25, 0.3) is 0 Å². The van der Waals surface area contributed by atoms with Crippen molar-refractivity contribution >= 4 is 11.5 Å². The number of ketones is 1. The van der Waals surface area contributed by atoms with Gasteiger partial charge in [0.25, 0.3) is 0 Å². The molecule has 0 amide bonds. The van der Waals surface area contributed by atoms with E-state index in [0.717, 1.165) is 11.1 Å². The molecule has 0 saturated heterocycles. The Balaban J connectivity index is 2.19. The van der Waals surface area contributed by atoms with Crippen LogP contribution in [0.15, 0.2) is 42.5 Å². The van der Waals surface area contributed by atoms with E-state index in [0.29, 0.717) is 18.4 Å². The quantitative estimate of drug-likeness (QED) is 0.430. The Morgan fingerprint density at radius 1 is 1.17 bits per heavy atom. The Hall–Kier alpha value is -2.69. The number of hydrogen-bond donors (Lipinski definition) is 0. The number of nitrogens with zero attached hydrogens (tertiary/aromatic N) is 1. The highest BCUT2D eigenvalue weighted by Crippen LogP contribution is 2.29. The summed E-state index contributed by atoms with van der Waals surface area (Å²) in [7, 11) is 0. The normalized spacial score (nSPS) is 10.3. The zero-order valence-electron chi connectivity index (χ0n) is 13.2. The number of Topliss-reactive ketones (excluding diaryl/α,β-unsaturated/α-hetero) is 1. The molecule has 0 atom stereocenters. The summed E-state index contributed by atoms with van der Waals surface area (Å²) in [6.45, 7) is 4.12. The van der Waals surface area contributed by atoms with Gasteiger partial charge in [0.15, 0.2) is 11.5 Å². The van der Waals surface area contributed by atoms with Crippen molar-refractivity contribution in [2.24, 2.45) is 0 Å². The Morgan fingerprint density at radius 2 is 1.87 bits per heavy atom. The summed E-state index contributed by atoms with van der Waals surface area (Å²) in [4.78, 5) is 22.6. The summed E-state index contributed by atoms with van der Waals surface area (Å²) < 4.78 is 5.57. The van der Waals surface area contributed by atoms with Crippen LogP contribution >= 0.6 is 0 Å². The molecule has 2 aromatic rings. The highest BCUT2D eigenvalue weighted by molar-refractivity contribution is 5.96. The molecular weight excluding hydrogens is 294 g/mol. The maximum Gasteiger partial charge on any atom is 0.311 e. The van der Waals surface area contributed by atoms with E-state index < -0.39 is 4.92 Å². The van der Waals surface area contributed by atoms with Crippen molar-refractivity contribution in [1.29, 1.82) is 0 Å². The lowest BCUT2D eigenvalue weighted by Gasteiger charge is -2.08. The zero-order valence-corrected chi connectivity index (χ0v) is 13.2. The van der Waals surface area contributed by atoms with Gasteiger partial charge in [-0.25, -0.2) is 0 Å². The van der Waals surface area contributed by atoms with Gasteiger partial charge in [-0.1, -0.05) is 36.8 Å². The molecule has 2 rings (SSSR count). The molecule has 0 aromatic heterocycles. The molecule has 0 fully saturated rings. The predicted molar refractivity (Wildman–Crippen MR) is 87.8 cm³/mol. The number of aryl methyl sites for hydroxylation is 1. The maximum atomic E-state index is 11.9. The topological polar surface area (TPSA) is 69.4 Å². The first kappa shape index (κ1) is 16.7. The fourth-order valence-corrected chi connectivity index (χ4v) is 2.17. The zero-order chi connectivity index (χ0) is 16.8. The molecule has 0 N–H and O–H groups in total. The van der Waals surface area contributed by atoms with Crippen molar-refractivity contribution in [2.45, 2.75) is 33.3 Å². The van der Waals surface area contributed by atoms with Crippen LogP contribution in [-0.4, -0.2) is 10.7 Å². The minimum absolute atomic E-state index is 0.0966. The van der Waals surface area contributed by atoms with Gasteiger partial charge in [0.1, 0.15) is 6.61 Å². The molecule has 0 bridgehead atoms. The van der Waals surface area contributed by atoms with Crippen LogP contribution < -0.4 is 4.74 Å². The fraction of sp³-hybridized carbons (Fsp3) is 0.278. The van der Waals surface area contributed by atoms with Crippen molar-refractivity contribution in [1.82, 2.24) is 0 Å². The molecule has 0 heterocycles. The molecule has 2 aromatic carbocycles. The molecule has 5 heteroatoms. The number of rotatable bonds is 7. The Kier molecular flexibility index (Phi) is 5.46. The van der Waals surface area contributed by atoms with Crippen LogP contribution in [0.2, 0.25) is 0 Å². The number of nitro groups is 1. The lowest BCUT2D eigenvalue weighted by atomic mass is 10.1. The van der Waals surface area contributed by atoms with E-state index in [1.54, 1.807) is 6.07 Å². The van der Waals surface area contributed by atoms with Crippen molar-refractivity contribution in [3.8, 4) is 5.75 Å². The molecule has 0 aliphatic carbocycles. The lowest BCUT2D eigenvalue weighted by Crippen LogP contribution is -2.03. The van der Waals surface area contributed by atoms with Crippen LogP contribution in [0.3, 0.4) is 0 Å². The third-order valence-electron chi connectivity index (χ3n) is 3.47. The van der Waals surface area contributed by atoms with E-state index in [1.807, 2.05) is 38.1 Å². The molecule has 0 radical (unpaired) electrons. The first-order chi connectivity index (χ1) is 11.0. The second-order valence-electron chi connectivity index (χ2n) is 5.39. The van der Waals surface area contributed by atoms with E-state index >= 15 is 0 Å². The monoisotopic (exact) mass is 313 g/mol. The minimum atomic E-state index is -0.521. The van der Waals surface area contributed by atoms with Gasteiger partial charge in [0, 0.05) is 18.1 Å². The molecule has 23 heavy (non-hydrogen) atoms. The molecular formula is C18H19NO4. The first-order valence-electron chi connectivity index (χ1n) is 7.51. The van der Waals surface area contributed by atoms with Crippen LogP contribution in [0.5, 0.6) is 5.75 Å². The lowest BCUT2D eigenvalue weighted by molar-refractivity contribution is -0.386. The van der Waals surface area contributed by atoms with Crippen molar-refractivity contribution in [2.75, 3.05) is 0 Å². The van der Waals surface area contributed by atoms with Crippen molar-refractivity contribution in [3.05, 3.63) is 69.3 Å². The Bertz CT molecular complexity index is 707. The minimum Gasteiger partial charge on any atom is -0.482 e. The third kappa shape index (κ3) is 4.39. The van der Waals surface area contributed by atoms with Crippen molar-refractivity contribution in [3.63, 3.8) is 0 Å². The largest absolute Gasteiger partial charge is 0.482 e. The SMILES string of the molecule is CCCC(=O)c1ccc(OCc2ccc(C)cc2)c([N+](=O)[O-])c1. The number of carbonyl (C=O) groups excluding carboxylic acids is 1. The number of ether oxygens (including phenoxy) is 1. The van der Waals surface area contributed by atoms with Gasteiger partial charge in [-0.15, -0.1) is 0 Å². The second kappa shape index (κ2) is 7.54. The number of hydrogen-bond acceptors (Lipinski definition) is 4. The van der Waals surface area contributed by atoms with Crippen LogP contribution in [0, 0.1) is 17.0 Å². The van der Waals surface area contributed by atoms with Crippen molar-refractivity contribution < 1.29 is 14.5 Å². The number of carbonyl (C=O) groups is 1. The van der Waals surface area contributed by atoms with E-state index in [9.17, 15) is 14.9 Å². The van der Waals surface area contributed by atoms with Gasteiger partial charge in [-0.3, -0.25) is 14.9 Å². The molecule has 0 aliphatic heterocycles. The van der Waals surface area contributed by atoms with E-state index in [4.69, 9.17) is 4.74 Å². The average Bonchev–Trinajstić information content (AvgIpc) is 2.54. The average molecular weight is 313 g/mol. The van der Waals surface area contributed by atoms with Crippen LogP contribution in [0.1, 0.15) is 41.3 Å². The summed E-state index contributed by atoms with van der Waals surface area (Å²) in [5.74, 6) is 0.0734. The van der Waals surface area contributed by atoms with Gasteiger partial charge < -0.3 is 4.74 Å². The molecule has 0 aliphatic rings. The third-order valence-corrected chi connectivity index (χ3v) is 3.47. The van der Waals surface area contributed by atoms with Crippen LogP contribution in [0.4, 0.5) is 5.69 Å². The van der Waals surface area contributed by atoms with Gasteiger partial charge >= 0.3 is 5.69 Å². The summed E-state index contributed by atoms with van der Waals surface area (Å²) >= 11 is 0. The fourth-order valence-electron chi connectivity index (χ4n) is 2.17. The van der Waals surface area contributed by atoms with Gasteiger partial charge in [0.05, 0.1) is 4.92 Å². The highest BCUT2D eigenvalue weighted by Gasteiger charge is 2.18. The molecule has 0 saturated carbocycles. The first-order valence-corrected chi connectivity index (χ1v) is 7.51. The van der Waals surface area contributed by atoms with E-state index in [-0.39, 0.29) is 23.8 Å². The number of nitro benzene ring substituents is 1. The smallest absolute Gasteiger partial charge is 0.311 e. The standard InChI is InChI=1S/C18H19NO4/c1-3-4-17(20)15-9-10-18(16(11-15)19(21)22)23-12-14-7-5-13(2)6-8-14/h5-11H,3-4,12H2,1-2H3. The summed E-state index contributed by atoms with van der Waals surface area (Å²) in [5, 5.41) is 11.2. The van der Waals surface area contributed by atoms with E-state index in [2.05, 4.69) is 0 Å². The molecule has 120 valence electrons. The highest BCUT2D eigenvalue weighted by atomic mass is 16.6. The molecule has 0 unspecified atom stereocenters. The van der Waals surface area contributed by atoms with Gasteiger partial charge in [-0.2, -0.15) is 0 Å².